The summed E-state index contributed by atoms with van der Waals surface area (Å²) in [7, 11) is 0. The van der Waals surface area contributed by atoms with Gasteiger partial charge in [-0.25, -0.2) is 0 Å². The summed E-state index contributed by atoms with van der Waals surface area (Å²) in [6.07, 6.45) is 2.48. The Morgan fingerprint density at radius 1 is 0.963 bits per heavy atom. The number of fused-ring (bicyclic) bond motifs is 1. The predicted molar refractivity (Wildman–Crippen MR) is 113 cm³/mol. The van der Waals surface area contributed by atoms with Gasteiger partial charge in [-0.05, 0) is 0 Å². The van der Waals surface area contributed by atoms with E-state index in [1.165, 1.54) is 28.4 Å². The molecule has 0 saturated carbocycles. The van der Waals surface area contributed by atoms with E-state index in [1.807, 2.05) is 0 Å². The van der Waals surface area contributed by atoms with Gasteiger partial charge in [0.1, 0.15) is 0 Å². The van der Waals surface area contributed by atoms with Gasteiger partial charge in [-0.3, -0.25) is 0 Å². The topological polar surface area (TPSA) is 37.3 Å². The number of aromatic carboxylic acids is 1. The van der Waals surface area contributed by atoms with Crippen LogP contribution < -0.4 is 4.46 Å². The van der Waals surface area contributed by atoms with Crippen LogP contribution in [-0.2, 0) is 10.8 Å². The summed E-state index contributed by atoms with van der Waals surface area (Å²) < 4.78 is 1.43. The van der Waals surface area contributed by atoms with Crippen LogP contribution in [0.3, 0.4) is 0 Å². The fourth-order valence-corrected chi connectivity index (χ4v) is 7.78. The zero-order valence-electron chi connectivity index (χ0n) is 16.1. The number of rotatable bonds is 3. The third-order valence-electron chi connectivity index (χ3n) is 5.33. The normalized spacial score (nSPS) is 16.7. The van der Waals surface area contributed by atoms with Gasteiger partial charge in [0.25, 0.3) is 0 Å². The Bertz CT molecular complexity index is 916. The standard InChI is InChI=1S/C23H24O2Se2/c1-22(2)12-13-23(3,4)20-15-18(9-10-19(20)22)27-26-14-11-16-5-7-17(8-6-16)21(24)25/h5-10,15H,12-13H2,1-4H3,(H,24,25). The molecule has 0 bridgehead atoms. The molecule has 0 fully saturated rings. The summed E-state index contributed by atoms with van der Waals surface area (Å²) in [5.41, 5.74) is 4.73. The Morgan fingerprint density at radius 3 is 2.22 bits per heavy atom. The number of hydrogen-bond donors (Lipinski definition) is 1. The first kappa shape index (κ1) is 20.2. The van der Waals surface area contributed by atoms with Gasteiger partial charge in [-0.1, -0.05) is 0 Å². The molecule has 0 spiro atoms. The van der Waals surface area contributed by atoms with Crippen LogP contribution in [0, 0.1) is 10.7 Å². The van der Waals surface area contributed by atoms with Crippen molar-refractivity contribution in [2.24, 2.45) is 0 Å². The molecule has 0 atom stereocenters. The molecule has 27 heavy (non-hydrogen) atoms. The van der Waals surface area contributed by atoms with Crippen molar-refractivity contribution in [2.75, 3.05) is 0 Å². The van der Waals surface area contributed by atoms with Crippen molar-refractivity contribution in [3.05, 3.63) is 64.7 Å². The van der Waals surface area contributed by atoms with Crippen LogP contribution in [0.2, 0.25) is 0 Å². The second kappa shape index (κ2) is 7.86. The Balaban J connectivity index is 1.70. The first-order valence-corrected chi connectivity index (χ1v) is 15.1. The van der Waals surface area contributed by atoms with Crippen molar-refractivity contribution in [3.8, 4) is 10.7 Å². The molecule has 1 aliphatic carbocycles. The van der Waals surface area contributed by atoms with Gasteiger partial charge in [0.2, 0.25) is 0 Å². The number of carboxylic acid groups (broad SMARTS) is 1. The van der Waals surface area contributed by atoms with Crippen molar-refractivity contribution in [1.82, 2.24) is 0 Å². The van der Waals surface area contributed by atoms with Crippen LogP contribution in [0.25, 0.3) is 0 Å². The molecular weight excluding hydrogens is 466 g/mol. The predicted octanol–water partition coefficient (Wildman–Crippen LogP) is 3.69. The molecule has 140 valence electrons. The Morgan fingerprint density at radius 2 is 1.59 bits per heavy atom. The van der Waals surface area contributed by atoms with Crippen molar-refractivity contribution < 1.29 is 9.90 Å². The third-order valence-corrected chi connectivity index (χ3v) is 10.7. The van der Waals surface area contributed by atoms with Gasteiger partial charge in [0.05, 0.1) is 0 Å². The fraction of sp³-hybridized carbons (Fsp3) is 0.348. The summed E-state index contributed by atoms with van der Waals surface area (Å²) >= 11 is 0.648. The monoisotopic (exact) mass is 492 g/mol. The van der Waals surface area contributed by atoms with Gasteiger partial charge in [-0.15, -0.1) is 0 Å². The number of carboxylic acids is 1. The molecule has 1 N–H and O–H groups in total. The summed E-state index contributed by atoms with van der Waals surface area (Å²) in [6, 6.07) is 13.9. The van der Waals surface area contributed by atoms with Crippen LogP contribution in [-0.4, -0.2) is 37.3 Å². The van der Waals surface area contributed by atoms with E-state index >= 15 is 0 Å². The van der Waals surface area contributed by atoms with Crippen LogP contribution in [0.1, 0.15) is 67.6 Å². The summed E-state index contributed by atoms with van der Waals surface area (Å²) in [5, 5.41) is 8.94. The molecule has 0 radical (unpaired) electrons. The summed E-state index contributed by atoms with van der Waals surface area (Å²) in [4.78, 5) is 14.2. The number of hydrogen-bond acceptors (Lipinski definition) is 1. The SMILES string of the molecule is CC1(C)CCC(C)(C)c2cc([Se][Se]C#Cc3ccc(C(=O)O)cc3)ccc21. The first-order chi connectivity index (χ1) is 12.7. The van der Waals surface area contributed by atoms with E-state index in [-0.39, 0.29) is 24.0 Å². The average Bonchev–Trinajstić information content (AvgIpc) is 2.63. The van der Waals surface area contributed by atoms with Crippen LogP contribution >= 0.6 is 0 Å². The van der Waals surface area contributed by atoms with Crippen LogP contribution in [0.4, 0.5) is 0 Å². The molecule has 0 unspecified atom stereocenters. The zero-order valence-corrected chi connectivity index (χ0v) is 19.6. The zero-order chi connectivity index (χ0) is 19.7. The first-order valence-electron chi connectivity index (χ1n) is 9.02. The van der Waals surface area contributed by atoms with Gasteiger partial charge in [-0.2, -0.15) is 0 Å². The molecule has 4 heteroatoms. The molecule has 3 rings (SSSR count). The van der Waals surface area contributed by atoms with Crippen LogP contribution in [0.5, 0.6) is 0 Å². The van der Waals surface area contributed by atoms with E-state index in [1.54, 1.807) is 24.3 Å². The van der Waals surface area contributed by atoms with Crippen molar-refractivity contribution in [1.29, 1.82) is 0 Å². The Kier molecular flexibility index (Phi) is 5.90. The second-order valence-electron chi connectivity index (χ2n) is 8.25. The Hall–Kier alpha value is -1.49. The molecule has 2 aromatic rings. The van der Waals surface area contributed by atoms with Crippen LogP contribution in [0.15, 0.2) is 42.5 Å². The van der Waals surface area contributed by atoms with E-state index in [4.69, 9.17) is 5.11 Å². The van der Waals surface area contributed by atoms with Crippen molar-refractivity contribution >= 4 is 36.7 Å². The second-order valence-corrected chi connectivity index (χ2v) is 14.0. The molecule has 2 aromatic carbocycles. The van der Waals surface area contributed by atoms with E-state index in [2.05, 4.69) is 56.6 Å². The molecule has 0 aromatic heterocycles. The average molecular weight is 490 g/mol. The van der Waals surface area contributed by atoms with Gasteiger partial charge in [0, 0.05) is 0 Å². The minimum absolute atomic E-state index is 0.251. The van der Waals surface area contributed by atoms with E-state index in [9.17, 15) is 4.79 Å². The maximum absolute atomic E-state index is 10.9. The number of benzene rings is 2. The molecule has 0 amide bonds. The van der Waals surface area contributed by atoms with Gasteiger partial charge >= 0.3 is 173 Å². The molecular formula is C23H24O2Se2. The fourth-order valence-electron chi connectivity index (χ4n) is 3.46. The molecule has 1 aliphatic rings. The molecule has 0 heterocycles. The third kappa shape index (κ3) is 4.68. The quantitative estimate of drug-likeness (QED) is 0.527. The van der Waals surface area contributed by atoms with Gasteiger partial charge < -0.3 is 0 Å². The maximum atomic E-state index is 10.9. The van der Waals surface area contributed by atoms with Crippen molar-refractivity contribution in [3.63, 3.8) is 0 Å². The van der Waals surface area contributed by atoms with E-state index in [0.29, 0.717) is 18.7 Å². The minimum atomic E-state index is -0.902. The molecule has 2 nitrogen and oxygen atoms in total. The summed E-state index contributed by atoms with van der Waals surface area (Å²) in [6.45, 7) is 9.45. The van der Waals surface area contributed by atoms with E-state index < -0.39 is 5.97 Å². The summed E-state index contributed by atoms with van der Waals surface area (Å²) in [5.74, 6) is 2.27. The Labute approximate surface area is 173 Å². The van der Waals surface area contributed by atoms with Gasteiger partial charge in [0.15, 0.2) is 0 Å². The number of carbonyl (C=O) groups is 1. The van der Waals surface area contributed by atoms with Crippen molar-refractivity contribution in [2.45, 2.75) is 51.4 Å². The molecule has 0 saturated heterocycles. The molecule has 0 aliphatic heterocycles. The van der Waals surface area contributed by atoms with E-state index in [0.717, 1.165) is 5.56 Å².